The lowest BCUT2D eigenvalue weighted by Gasteiger charge is -2.19. The van der Waals surface area contributed by atoms with Crippen molar-refractivity contribution in [1.82, 2.24) is 0 Å². The van der Waals surface area contributed by atoms with Crippen molar-refractivity contribution < 1.29 is 13.7 Å². The second-order valence-corrected chi connectivity index (χ2v) is 6.98. The lowest BCUT2D eigenvalue weighted by Crippen LogP contribution is -2.18. The Morgan fingerprint density at radius 1 is 1.12 bits per heavy atom. The largest absolute Gasteiger partial charge is 0.461 e. The smallest absolute Gasteiger partial charge is 0.225 e. The Kier molecular flexibility index (Phi) is 7.69. The van der Waals surface area contributed by atoms with Gasteiger partial charge in [0.15, 0.2) is 17.6 Å². The second kappa shape index (κ2) is 9.76. The van der Waals surface area contributed by atoms with Crippen LogP contribution in [-0.2, 0) is 19.5 Å². The minimum atomic E-state index is -0.959. The number of carbonyl (C=O) groups excluding carboxylic acids is 1. The van der Waals surface area contributed by atoms with E-state index < -0.39 is 6.10 Å². The third-order valence-electron chi connectivity index (χ3n) is 3.48. The summed E-state index contributed by atoms with van der Waals surface area (Å²) >= 11 is 13.4. The summed E-state index contributed by atoms with van der Waals surface area (Å²) in [6.45, 7) is 3.07. The Bertz CT molecular complexity index is 797. The zero-order valence-electron chi connectivity index (χ0n) is 14.4. The van der Waals surface area contributed by atoms with E-state index >= 15 is 0 Å². The number of Topliss-reactive ketones (excluding diaryl/α,β-unsaturated/α-hetero) is 1. The van der Waals surface area contributed by atoms with Gasteiger partial charge in [0, 0.05) is 12.5 Å². The van der Waals surface area contributed by atoms with Gasteiger partial charge in [0.05, 0.1) is 27.8 Å². The number of ether oxygens (including phenoxy) is 1. The summed E-state index contributed by atoms with van der Waals surface area (Å²) in [4.78, 5) is 12.0. The van der Waals surface area contributed by atoms with Crippen LogP contribution in [0.1, 0.15) is 31.1 Å². The Hall–Kier alpha value is -1.82. The van der Waals surface area contributed by atoms with Gasteiger partial charge in [-0.25, -0.2) is 0 Å². The number of carbonyl (C=O) groups is 1. The predicted molar refractivity (Wildman–Crippen MR) is 107 cm³/mol. The van der Waals surface area contributed by atoms with Crippen LogP contribution in [0.5, 0.6) is 0 Å². The van der Waals surface area contributed by atoms with Gasteiger partial charge < -0.3 is 14.7 Å². The molecule has 0 bridgehead atoms. The van der Waals surface area contributed by atoms with Crippen molar-refractivity contribution in [3.05, 3.63) is 81.3 Å². The van der Waals surface area contributed by atoms with Crippen LogP contribution in [0.4, 0.5) is 0 Å². The fourth-order valence-corrected chi connectivity index (χ4v) is 3.15. The summed E-state index contributed by atoms with van der Waals surface area (Å²) in [7, 11) is 0. The van der Waals surface area contributed by atoms with Gasteiger partial charge in [-0.1, -0.05) is 65.7 Å². The number of rotatable bonds is 8. The van der Waals surface area contributed by atoms with Crippen LogP contribution in [0.15, 0.2) is 60.2 Å². The number of benzene rings is 2. The first-order chi connectivity index (χ1) is 12.4. The minimum Gasteiger partial charge on any atom is -0.461 e. The topological polar surface area (TPSA) is 61.5 Å². The van der Waals surface area contributed by atoms with Crippen LogP contribution in [0, 0.1) is 0 Å². The average Bonchev–Trinajstić information content (AvgIpc) is 2.62. The molecule has 138 valence electrons. The lowest BCUT2D eigenvalue weighted by atomic mass is 10.1. The van der Waals surface area contributed by atoms with Gasteiger partial charge in [-0.3, -0.25) is 4.79 Å². The second-order valence-electron chi connectivity index (χ2n) is 5.50. The average molecular weight is 412 g/mol. The van der Waals surface area contributed by atoms with Crippen molar-refractivity contribution in [3.8, 4) is 0 Å². The zero-order valence-corrected chi connectivity index (χ0v) is 16.7. The minimum absolute atomic E-state index is 0.0156. The van der Waals surface area contributed by atoms with E-state index in [0.29, 0.717) is 22.1 Å². The summed E-state index contributed by atoms with van der Waals surface area (Å²) in [6.07, 6.45) is -0.959. The molecule has 0 aliphatic carbocycles. The molecular weight excluding hydrogens is 393 g/mol. The highest BCUT2D eigenvalue weighted by Gasteiger charge is 2.24. The number of halogens is 2. The highest BCUT2D eigenvalue weighted by atomic mass is 35.5. The summed E-state index contributed by atoms with van der Waals surface area (Å²) in [5.74, 6) is 0.792. The normalized spacial score (nSPS) is 12.9. The molecule has 1 atom stereocenters. The van der Waals surface area contributed by atoms with Crippen LogP contribution in [0.3, 0.4) is 0 Å². The van der Waals surface area contributed by atoms with E-state index in [9.17, 15) is 4.79 Å². The van der Waals surface area contributed by atoms with Gasteiger partial charge in [-0.15, -0.1) is 0 Å². The molecule has 2 N–H and O–H groups in total. The van der Waals surface area contributed by atoms with E-state index in [1.807, 2.05) is 30.3 Å². The first-order valence-corrected chi connectivity index (χ1v) is 9.47. The number of hydrogen-bond donors (Lipinski definition) is 1. The van der Waals surface area contributed by atoms with Gasteiger partial charge >= 0.3 is 0 Å². The maximum absolute atomic E-state index is 12.0. The van der Waals surface area contributed by atoms with Crippen LogP contribution in [0.25, 0.3) is 0 Å². The maximum Gasteiger partial charge on any atom is 0.225 e. The summed E-state index contributed by atoms with van der Waals surface area (Å²) in [6, 6.07) is 14.9. The summed E-state index contributed by atoms with van der Waals surface area (Å²) in [5.41, 5.74) is 7.53. The molecule has 0 radical (unpaired) electrons. The monoisotopic (exact) mass is 411 g/mol. The van der Waals surface area contributed by atoms with Crippen LogP contribution < -0.4 is 5.73 Å². The molecule has 0 fully saturated rings. The van der Waals surface area contributed by atoms with Gasteiger partial charge in [0.25, 0.3) is 0 Å². The molecule has 0 spiro atoms. The van der Waals surface area contributed by atoms with Crippen molar-refractivity contribution >= 4 is 41.0 Å². The molecule has 7 heteroatoms. The van der Waals surface area contributed by atoms with Crippen LogP contribution in [0.2, 0.25) is 10.0 Å². The molecule has 2 rings (SSSR count). The number of nitrogens with two attached hydrogens (primary N) is 1. The Labute approximate surface area is 167 Å². The molecule has 0 aromatic heterocycles. The third-order valence-corrected chi connectivity index (χ3v) is 5.13. The first-order valence-electron chi connectivity index (χ1n) is 7.81. The molecule has 0 saturated carbocycles. The molecule has 0 aliphatic rings. The van der Waals surface area contributed by atoms with Crippen molar-refractivity contribution in [1.29, 1.82) is 0 Å². The molecule has 0 aliphatic heterocycles. The van der Waals surface area contributed by atoms with E-state index in [2.05, 4.69) is 0 Å². The first kappa shape index (κ1) is 20.5. The fraction of sp³-hybridized carbons (Fsp3) is 0.211. The van der Waals surface area contributed by atoms with Crippen molar-refractivity contribution in [2.45, 2.75) is 25.7 Å². The Morgan fingerprint density at radius 2 is 1.81 bits per heavy atom. The highest BCUT2D eigenvalue weighted by molar-refractivity contribution is 7.93. The molecule has 1 unspecified atom stereocenters. The van der Waals surface area contributed by atoms with E-state index in [0.717, 1.165) is 5.56 Å². The number of allylic oxidation sites excluding steroid dienone is 1. The molecule has 4 nitrogen and oxygen atoms in total. The molecule has 0 heterocycles. The van der Waals surface area contributed by atoms with Crippen LogP contribution >= 0.6 is 35.2 Å². The Morgan fingerprint density at radius 3 is 2.46 bits per heavy atom. The summed E-state index contributed by atoms with van der Waals surface area (Å²) < 4.78 is 11.2. The van der Waals surface area contributed by atoms with E-state index in [1.54, 1.807) is 25.1 Å². The molecular formula is C19H19Cl2NO3S. The van der Waals surface area contributed by atoms with Crippen LogP contribution in [-0.4, -0.2) is 5.78 Å². The van der Waals surface area contributed by atoms with Crippen molar-refractivity contribution in [3.63, 3.8) is 0 Å². The number of ketones is 1. The fourth-order valence-electron chi connectivity index (χ4n) is 2.10. The van der Waals surface area contributed by atoms with E-state index in [1.165, 1.54) is 19.0 Å². The molecule has 2 aromatic rings. The molecule has 26 heavy (non-hydrogen) atoms. The zero-order chi connectivity index (χ0) is 19.1. The number of hydrogen-bond acceptors (Lipinski definition) is 5. The maximum atomic E-state index is 12.0. The van der Waals surface area contributed by atoms with Gasteiger partial charge in [-0.05, 0) is 18.6 Å². The predicted octanol–water partition coefficient (Wildman–Crippen LogP) is 5.65. The standard InChI is InChI=1S/C19H19Cl2NO3S/c1-12(23)18(15-9-6-10-16(20)17(15)21)24-19(22)13(2)25-26-11-14-7-4-3-5-8-14/h3-10,18H,11,22H2,1-2H3/b19-13+. The SMILES string of the molecule is CC(=O)C(O/C(N)=C(\C)OSCc1ccccc1)c1cccc(Cl)c1Cl. The Balaban J connectivity index is 2.05. The third kappa shape index (κ3) is 5.59. The molecule has 0 saturated heterocycles. The van der Waals surface area contributed by atoms with E-state index in [4.69, 9.17) is 37.9 Å². The lowest BCUT2D eigenvalue weighted by molar-refractivity contribution is -0.126. The molecule has 2 aromatic carbocycles. The van der Waals surface area contributed by atoms with Crippen molar-refractivity contribution in [2.24, 2.45) is 5.73 Å². The molecule has 0 amide bonds. The van der Waals surface area contributed by atoms with Gasteiger partial charge in [-0.2, -0.15) is 0 Å². The van der Waals surface area contributed by atoms with Crippen molar-refractivity contribution in [2.75, 3.05) is 0 Å². The highest BCUT2D eigenvalue weighted by Crippen LogP contribution is 2.33. The quantitative estimate of drug-likeness (QED) is 0.448. The van der Waals surface area contributed by atoms with Gasteiger partial charge in [0.1, 0.15) is 0 Å². The summed E-state index contributed by atoms with van der Waals surface area (Å²) in [5, 5.41) is 0.604. The van der Waals surface area contributed by atoms with Gasteiger partial charge in [0.2, 0.25) is 5.88 Å². The van der Waals surface area contributed by atoms with E-state index in [-0.39, 0.29) is 16.7 Å².